The first-order valence-electron chi connectivity index (χ1n) is 9.29. The van der Waals surface area contributed by atoms with Crippen LogP contribution in [0.4, 0.5) is 0 Å². The Morgan fingerprint density at radius 3 is 2.93 bits per heavy atom. The number of aromatic carboxylic acids is 1. The summed E-state index contributed by atoms with van der Waals surface area (Å²) in [7, 11) is 0. The van der Waals surface area contributed by atoms with E-state index in [4.69, 9.17) is 4.42 Å². The molecule has 140 valence electrons. The summed E-state index contributed by atoms with van der Waals surface area (Å²) in [5, 5.41) is 16.7. The molecule has 0 radical (unpaired) electrons. The minimum absolute atomic E-state index is 0.252. The predicted molar refractivity (Wildman–Crippen MR) is 101 cm³/mol. The third-order valence-electron chi connectivity index (χ3n) is 5.26. The monoisotopic (exact) mass is 365 g/mol. The van der Waals surface area contributed by atoms with Gasteiger partial charge in [0.25, 0.3) is 0 Å². The Morgan fingerprint density at radius 2 is 2.15 bits per heavy atom. The quantitative estimate of drug-likeness (QED) is 0.700. The summed E-state index contributed by atoms with van der Waals surface area (Å²) in [6.07, 6.45) is 5.34. The molecule has 27 heavy (non-hydrogen) atoms. The fourth-order valence-corrected chi connectivity index (χ4v) is 3.89. The van der Waals surface area contributed by atoms with Crippen LogP contribution in [0.3, 0.4) is 0 Å². The van der Waals surface area contributed by atoms with Crippen molar-refractivity contribution in [3.8, 4) is 11.3 Å². The van der Waals surface area contributed by atoms with Gasteiger partial charge in [0.15, 0.2) is 0 Å². The molecule has 6 heteroatoms. The summed E-state index contributed by atoms with van der Waals surface area (Å²) in [4.78, 5) is 13.9. The Balaban J connectivity index is 1.57. The molecule has 1 aliphatic heterocycles. The maximum atomic E-state index is 11.5. The molecule has 1 saturated heterocycles. The van der Waals surface area contributed by atoms with E-state index >= 15 is 0 Å². The molecule has 1 aromatic carbocycles. The van der Waals surface area contributed by atoms with Crippen LogP contribution in [-0.4, -0.2) is 32.7 Å². The zero-order valence-electron chi connectivity index (χ0n) is 15.3. The second-order valence-electron chi connectivity index (χ2n) is 7.07. The Bertz CT molecular complexity index is 944. The maximum Gasteiger partial charge on any atom is 0.336 e. The van der Waals surface area contributed by atoms with Crippen LogP contribution in [0.5, 0.6) is 0 Å². The highest BCUT2D eigenvalue weighted by atomic mass is 16.4. The Kier molecular flexibility index (Phi) is 4.81. The molecule has 0 aliphatic carbocycles. The molecule has 4 rings (SSSR count). The van der Waals surface area contributed by atoms with Gasteiger partial charge in [0, 0.05) is 5.56 Å². The number of rotatable bonds is 5. The minimum Gasteiger partial charge on any atom is -0.478 e. The molecule has 3 heterocycles. The number of carboxylic acid groups (broad SMARTS) is 1. The van der Waals surface area contributed by atoms with Gasteiger partial charge >= 0.3 is 5.97 Å². The molecule has 0 saturated carbocycles. The van der Waals surface area contributed by atoms with Gasteiger partial charge < -0.3 is 9.52 Å². The Hall–Kier alpha value is -2.86. The molecule has 0 amide bonds. The lowest BCUT2D eigenvalue weighted by atomic mass is 9.97. The number of aryl methyl sites for hydroxylation is 1. The molecule has 0 spiro atoms. The largest absolute Gasteiger partial charge is 0.478 e. The minimum atomic E-state index is -0.950. The van der Waals surface area contributed by atoms with Gasteiger partial charge in [-0.25, -0.2) is 4.79 Å². The summed E-state index contributed by atoms with van der Waals surface area (Å²) < 4.78 is 6.03. The number of nitrogens with zero attached hydrogens (tertiary/aromatic N) is 2. The number of furan rings is 1. The number of carboxylic acids is 1. The number of benzene rings is 1. The lowest BCUT2D eigenvalue weighted by molar-refractivity contribution is 0.0697. The van der Waals surface area contributed by atoms with Crippen molar-refractivity contribution >= 4 is 5.97 Å². The molecule has 2 aromatic heterocycles. The normalized spacial score (nSPS) is 17.9. The molecular formula is C21H23N3O3. The summed E-state index contributed by atoms with van der Waals surface area (Å²) in [5.74, 6) is 0.484. The lowest BCUT2D eigenvalue weighted by Crippen LogP contribution is -2.33. The second kappa shape index (κ2) is 7.40. The lowest BCUT2D eigenvalue weighted by Gasteiger charge is -2.34. The van der Waals surface area contributed by atoms with Gasteiger partial charge in [-0.05, 0) is 50.1 Å². The number of piperidine rings is 1. The number of H-pyrrole nitrogens is 1. The van der Waals surface area contributed by atoms with Crippen LogP contribution in [0.1, 0.15) is 52.7 Å². The number of aromatic amines is 1. The maximum absolute atomic E-state index is 11.5. The van der Waals surface area contributed by atoms with Gasteiger partial charge in [-0.2, -0.15) is 5.10 Å². The van der Waals surface area contributed by atoms with Crippen molar-refractivity contribution in [2.75, 3.05) is 6.54 Å². The zero-order chi connectivity index (χ0) is 18.8. The topological polar surface area (TPSA) is 82.4 Å². The summed E-state index contributed by atoms with van der Waals surface area (Å²) in [5.41, 5.74) is 3.22. The van der Waals surface area contributed by atoms with Gasteiger partial charge in [-0.15, -0.1) is 0 Å². The van der Waals surface area contributed by atoms with Crippen molar-refractivity contribution in [3.05, 3.63) is 65.2 Å². The van der Waals surface area contributed by atoms with E-state index in [1.54, 1.807) is 18.2 Å². The number of carbonyl (C=O) groups is 1. The highest BCUT2D eigenvalue weighted by Gasteiger charge is 2.27. The number of hydrogen-bond acceptors (Lipinski definition) is 4. The molecule has 6 nitrogen and oxygen atoms in total. The van der Waals surface area contributed by atoms with Crippen LogP contribution in [0.2, 0.25) is 0 Å². The van der Waals surface area contributed by atoms with Crippen LogP contribution in [0, 0.1) is 6.92 Å². The van der Waals surface area contributed by atoms with Crippen LogP contribution in [-0.2, 0) is 6.54 Å². The number of likely N-dealkylation sites (tertiary alicyclic amines) is 1. The van der Waals surface area contributed by atoms with E-state index in [2.05, 4.69) is 22.0 Å². The number of hydrogen-bond donors (Lipinski definition) is 2. The first-order chi connectivity index (χ1) is 13.1. The van der Waals surface area contributed by atoms with Gasteiger partial charge in [-0.3, -0.25) is 10.00 Å². The fraction of sp³-hybridized carbons (Fsp3) is 0.333. The van der Waals surface area contributed by atoms with Crippen LogP contribution < -0.4 is 0 Å². The molecule has 3 aromatic rings. The molecule has 0 unspecified atom stereocenters. The van der Waals surface area contributed by atoms with Crippen molar-refractivity contribution in [3.63, 3.8) is 0 Å². The third-order valence-corrected chi connectivity index (χ3v) is 5.26. The smallest absolute Gasteiger partial charge is 0.336 e. The van der Waals surface area contributed by atoms with Crippen LogP contribution >= 0.6 is 0 Å². The Labute approximate surface area is 157 Å². The summed E-state index contributed by atoms with van der Waals surface area (Å²) >= 11 is 0. The average molecular weight is 365 g/mol. The van der Waals surface area contributed by atoms with Gasteiger partial charge in [0.2, 0.25) is 0 Å². The number of aromatic nitrogens is 2. The summed E-state index contributed by atoms with van der Waals surface area (Å²) in [6, 6.07) is 11.0. The zero-order valence-corrected chi connectivity index (χ0v) is 15.3. The highest BCUT2D eigenvalue weighted by Crippen LogP contribution is 2.33. The Morgan fingerprint density at radius 1 is 1.30 bits per heavy atom. The molecule has 0 bridgehead atoms. The summed E-state index contributed by atoms with van der Waals surface area (Å²) in [6.45, 7) is 3.78. The second-order valence-corrected chi connectivity index (χ2v) is 7.07. The van der Waals surface area contributed by atoms with Crippen molar-refractivity contribution in [2.24, 2.45) is 0 Å². The van der Waals surface area contributed by atoms with E-state index in [-0.39, 0.29) is 5.56 Å². The molecule has 1 atom stereocenters. The molecule has 2 N–H and O–H groups in total. The number of nitrogens with one attached hydrogen (secondary N) is 1. The van der Waals surface area contributed by atoms with Gasteiger partial charge in [0.1, 0.15) is 11.5 Å². The van der Waals surface area contributed by atoms with Crippen LogP contribution in [0.15, 0.2) is 47.0 Å². The first kappa shape index (κ1) is 17.5. The SMILES string of the molecule is Cc1cn[nH]c1[C@@H]1CCCCN1Cc1ccc(-c2ccccc2C(=O)O)o1. The first-order valence-corrected chi connectivity index (χ1v) is 9.29. The van der Waals surface area contributed by atoms with Crippen LogP contribution in [0.25, 0.3) is 11.3 Å². The molecular weight excluding hydrogens is 342 g/mol. The molecule has 1 fully saturated rings. The van der Waals surface area contributed by atoms with Gasteiger partial charge in [0.05, 0.1) is 30.0 Å². The van der Waals surface area contributed by atoms with Crippen molar-refractivity contribution in [1.82, 2.24) is 15.1 Å². The van der Waals surface area contributed by atoms with Gasteiger partial charge in [-0.1, -0.05) is 24.6 Å². The van der Waals surface area contributed by atoms with E-state index in [1.165, 1.54) is 24.1 Å². The molecule has 1 aliphatic rings. The van der Waals surface area contributed by atoms with E-state index in [0.717, 1.165) is 18.7 Å². The fourth-order valence-electron chi connectivity index (χ4n) is 3.89. The predicted octanol–water partition coefficient (Wildman–Crippen LogP) is 4.40. The van der Waals surface area contributed by atoms with Crippen molar-refractivity contribution in [1.29, 1.82) is 0 Å². The van der Waals surface area contributed by atoms with E-state index < -0.39 is 5.97 Å². The van der Waals surface area contributed by atoms with Crippen molar-refractivity contribution < 1.29 is 14.3 Å². The van der Waals surface area contributed by atoms with E-state index in [9.17, 15) is 9.90 Å². The van der Waals surface area contributed by atoms with Crippen molar-refractivity contribution in [2.45, 2.75) is 38.8 Å². The highest BCUT2D eigenvalue weighted by molar-refractivity contribution is 5.95. The average Bonchev–Trinajstić information content (AvgIpc) is 3.31. The van der Waals surface area contributed by atoms with E-state index in [1.807, 2.05) is 24.4 Å². The standard InChI is InChI=1S/C21H23N3O3/c1-14-12-22-23-20(14)18-8-4-5-11-24(18)13-15-9-10-19(27-15)16-6-2-3-7-17(16)21(25)26/h2-3,6-7,9-10,12,18H,4-5,8,11,13H2,1H3,(H,22,23)(H,25,26)/t18-/m0/s1. The third kappa shape index (κ3) is 3.53. The van der Waals surface area contributed by atoms with E-state index in [0.29, 0.717) is 23.9 Å².